The first kappa shape index (κ1) is 18.7. The number of benzene rings is 1. The molecule has 1 N–H and O–H groups in total. The van der Waals surface area contributed by atoms with E-state index < -0.39 is 0 Å². The van der Waals surface area contributed by atoms with E-state index >= 15 is 0 Å². The van der Waals surface area contributed by atoms with E-state index in [-0.39, 0.29) is 11.9 Å². The predicted molar refractivity (Wildman–Crippen MR) is 104 cm³/mol. The van der Waals surface area contributed by atoms with Gasteiger partial charge < -0.3 is 15.0 Å². The quantitative estimate of drug-likeness (QED) is 0.874. The molecule has 0 unspecified atom stereocenters. The highest BCUT2D eigenvalue weighted by Gasteiger charge is 2.26. The fourth-order valence-corrected chi connectivity index (χ4v) is 3.15. The van der Waals surface area contributed by atoms with Gasteiger partial charge in [0.2, 0.25) is 5.91 Å². The molecule has 7 nitrogen and oxygen atoms in total. The number of para-hydroxylation sites is 2. The van der Waals surface area contributed by atoms with Crippen LogP contribution in [-0.4, -0.2) is 55.1 Å². The lowest BCUT2D eigenvalue weighted by atomic mass is 10.2. The van der Waals surface area contributed by atoms with E-state index in [1.54, 1.807) is 25.4 Å². The summed E-state index contributed by atoms with van der Waals surface area (Å²) in [5, 5.41) is 12.0. The molecular formula is C20H23N5O2. The minimum absolute atomic E-state index is 0.0578. The molecule has 0 bridgehead atoms. The van der Waals surface area contributed by atoms with Crippen LogP contribution in [0.15, 0.2) is 42.6 Å². The first-order chi connectivity index (χ1) is 13.1. The fraction of sp³-hybridized carbons (Fsp3) is 0.350. The maximum absolute atomic E-state index is 12.6. The number of nitrogens with one attached hydrogen (secondary N) is 1. The number of nitriles is 1. The van der Waals surface area contributed by atoms with Crippen molar-refractivity contribution in [1.82, 2.24) is 9.88 Å². The Bertz CT molecular complexity index is 840. The van der Waals surface area contributed by atoms with Gasteiger partial charge in [-0.25, -0.2) is 4.98 Å². The smallest absolute Gasteiger partial charge is 0.241 e. The highest BCUT2D eigenvalue weighted by atomic mass is 16.5. The molecular weight excluding hydrogens is 342 g/mol. The Labute approximate surface area is 159 Å². The van der Waals surface area contributed by atoms with E-state index in [4.69, 9.17) is 10.00 Å². The van der Waals surface area contributed by atoms with Crippen molar-refractivity contribution < 1.29 is 9.53 Å². The number of rotatable bonds is 5. The SMILES string of the molecule is COc1ccccc1NC(=O)[C@@H](C)N1CCN(c2cc(C#N)ccn2)CC1. The summed E-state index contributed by atoms with van der Waals surface area (Å²) in [5.74, 6) is 1.39. The highest BCUT2D eigenvalue weighted by Crippen LogP contribution is 2.24. The number of pyridine rings is 1. The number of piperazine rings is 1. The van der Waals surface area contributed by atoms with E-state index in [0.29, 0.717) is 17.0 Å². The van der Waals surface area contributed by atoms with Gasteiger partial charge in [-0.1, -0.05) is 12.1 Å². The van der Waals surface area contributed by atoms with Gasteiger partial charge >= 0.3 is 0 Å². The molecule has 1 aliphatic rings. The maximum atomic E-state index is 12.6. The lowest BCUT2D eigenvalue weighted by molar-refractivity contribution is -0.120. The first-order valence-electron chi connectivity index (χ1n) is 8.91. The number of hydrogen-bond acceptors (Lipinski definition) is 6. The van der Waals surface area contributed by atoms with Crippen LogP contribution in [0.1, 0.15) is 12.5 Å². The second-order valence-corrected chi connectivity index (χ2v) is 6.40. The molecule has 0 radical (unpaired) electrons. The van der Waals surface area contributed by atoms with Gasteiger partial charge in [0.25, 0.3) is 0 Å². The second kappa shape index (κ2) is 8.52. The minimum Gasteiger partial charge on any atom is -0.495 e. The van der Waals surface area contributed by atoms with E-state index in [1.165, 1.54) is 0 Å². The lowest BCUT2D eigenvalue weighted by Crippen LogP contribution is -2.53. The van der Waals surface area contributed by atoms with Gasteiger partial charge in [0.1, 0.15) is 11.6 Å². The Morgan fingerprint density at radius 1 is 1.26 bits per heavy atom. The number of carbonyl (C=O) groups is 1. The van der Waals surface area contributed by atoms with Crippen LogP contribution in [0.4, 0.5) is 11.5 Å². The van der Waals surface area contributed by atoms with E-state index in [9.17, 15) is 4.79 Å². The third-order valence-electron chi connectivity index (χ3n) is 4.80. The first-order valence-corrected chi connectivity index (χ1v) is 8.91. The van der Waals surface area contributed by atoms with Gasteiger partial charge in [-0.15, -0.1) is 0 Å². The van der Waals surface area contributed by atoms with Crippen LogP contribution in [0.3, 0.4) is 0 Å². The molecule has 1 aromatic carbocycles. The van der Waals surface area contributed by atoms with Crippen molar-refractivity contribution in [2.75, 3.05) is 43.5 Å². The summed E-state index contributed by atoms with van der Waals surface area (Å²) < 4.78 is 5.29. The molecule has 7 heteroatoms. The zero-order valence-electron chi connectivity index (χ0n) is 15.6. The third kappa shape index (κ3) is 4.36. The number of anilines is 2. The molecule has 1 amide bonds. The Kier molecular flexibility index (Phi) is 5.89. The van der Waals surface area contributed by atoms with Gasteiger partial charge in [0, 0.05) is 32.4 Å². The van der Waals surface area contributed by atoms with Crippen LogP contribution in [-0.2, 0) is 4.79 Å². The van der Waals surface area contributed by atoms with Crippen LogP contribution >= 0.6 is 0 Å². The number of ether oxygens (including phenoxy) is 1. The highest BCUT2D eigenvalue weighted by molar-refractivity contribution is 5.95. The monoisotopic (exact) mass is 365 g/mol. The molecule has 1 saturated heterocycles. The van der Waals surface area contributed by atoms with Gasteiger partial charge in [-0.2, -0.15) is 5.26 Å². The minimum atomic E-state index is -0.254. The molecule has 1 aromatic heterocycles. The van der Waals surface area contributed by atoms with E-state index in [2.05, 4.69) is 26.2 Å². The van der Waals surface area contributed by atoms with Crippen molar-refractivity contribution in [3.05, 3.63) is 48.2 Å². The molecule has 0 saturated carbocycles. The summed E-state index contributed by atoms with van der Waals surface area (Å²) in [6.45, 7) is 4.93. The zero-order chi connectivity index (χ0) is 19.2. The number of methoxy groups -OCH3 is 1. The molecule has 3 rings (SSSR count). The summed E-state index contributed by atoms with van der Waals surface area (Å²) in [4.78, 5) is 21.3. The summed E-state index contributed by atoms with van der Waals surface area (Å²) >= 11 is 0. The van der Waals surface area contributed by atoms with Crippen molar-refractivity contribution in [2.45, 2.75) is 13.0 Å². The number of carbonyl (C=O) groups excluding carboxylic acids is 1. The van der Waals surface area contributed by atoms with E-state index in [1.807, 2.05) is 31.2 Å². The van der Waals surface area contributed by atoms with Gasteiger partial charge in [-0.3, -0.25) is 9.69 Å². The summed E-state index contributed by atoms with van der Waals surface area (Å²) in [6.07, 6.45) is 1.66. The van der Waals surface area contributed by atoms with Crippen LogP contribution < -0.4 is 15.0 Å². The molecule has 1 fully saturated rings. The van der Waals surface area contributed by atoms with E-state index in [0.717, 1.165) is 32.0 Å². The van der Waals surface area contributed by atoms with Crippen LogP contribution in [0.25, 0.3) is 0 Å². The number of amides is 1. The Balaban J connectivity index is 1.58. The van der Waals surface area contributed by atoms with Crippen LogP contribution in [0.2, 0.25) is 0 Å². The summed E-state index contributed by atoms with van der Waals surface area (Å²) in [5.41, 5.74) is 1.28. The lowest BCUT2D eigenvalue weighted by Gasteiger charge is -2.38. The zero-order valence-corrected chi connectivity index (χ0v) is 15.6. The average molecular weight is 365 g/mol. The standard InChI is InChI=1S/C20H23N5O2/c1-15(20(26)23-17-5-3-4-6-18(17)27-2)24-9-11-25(12-10-24)19-13-16(14-21)7-8-22-19/h3-8,13,15H,9-12H2,1-2H3,(H,23,26)/t15-/m1/s1. The third-order valence-corrected chi connectivity index (χ3v) is 4.80. The number of hydrogen-bond donors (Lipinski definition) is 1. The Morgan fingerprint density at radius 2 is 2.00 bits per heavy atom. The number of aromatic nitrogens is 1. The topological polar surface area (TPSA) is 81.5 Å². The predicted octanol–water partition coefficient (Wildman–Crippen LogP) is 2.11. The molecule has 140 valence electrons. The second-order valence-electron chi connectivity index (χ2n) is 6.40. The molecule has 0 spiro atoms. The average Bonchev–Trinajstić information content (AvgIpc) is 2.73. The van der Waals surface area contributed by atoms with Crippen molar-refractivity contribution >= 4 is 17.4 Å². The molecule has 0 aliphatic carbocycles. The Morgan fingerprint density at radius 3 is 2.70 bits per heavy atom. The largest absolute Gasteiger partial charge is 0.495 e. The van der Waals surface area contributed by atoms with Crippen molar-refractivity contribution in [3.63, 3.8) is 0 Å². The molecule has 27 heavy (non-hydrogen) atoms. The normalized spacial score (nSPS) is 15.7. The van der Waals surface area contributed by atoms with Crippen molar-refractivity contribution in [2.24, 2.45) is 0 Å². The Hall–Kier alpha value is -3.11. The maximum Gasteiger partial charge on any atom is 0.241 e. The van der Waals surface area contributed by atoms with Crippen molar-refractivity contribution in [3.8, 4) is 11.8 Å². The number of nitrogens with zero attached hydrogens (tertiary/aromatic N) is 4. The van der Waals surface area contributed by atoms with Gasteiger partial charge in [0.05, 0.1) is 30.5 Å². The molecule has 1 atom stereocenters. The fourth-order valence-electron chi connectivity index (χ4n) is 3.15. The summed E-state index contributed by atoms with van der Waals surface area (Å²) in [7, 11) is 1.59. The van der Waals surface area contributed by atoms with Crippen LogP contribution in [0.5, 0.6) is 5.75 Å². The van der Waals surface area contributed by atoms with Gasteiger partial charge in [0.15, 0.2) is 0 Å². The van der Waals surface area contributed by atoms with Crippen LogP contribution in [0, 0.1) is 11.3 Å². The van der Waals surface area contributed by atoms with Crippen molar-refractivity contribution in [1.29, 1.82) is 5.26 Å². The molecule has 1 aliphatic heterocycles. The molecule has 2 aromatic rings. The van der Waals surface area contributed by atoms with Gasteiger partial charge in [-0.05, 0) is 31.2 Å². The summed E-state index contributed by atoms with van der Waals surface area (Å²) in [6, 6.07) is 12.8. The molecule has 2 heterocycles.